The van der Waals surface area contributed by atoms with Crippen LogP contribution >= 0.6 is 22.7 Å². The fraction of sp³-hybridized carbons (Fsp3) is 0.353. The van der Waals surface area contributed by atoms with Gasteiger partial charge in [-0.25, -0.2) is 0 Å². The van der Waals surface area contributed by atoms with E-state index >= 15 is 8.78 Å². The van der Waals surface area contributed by atoms with Crippen LogP contribution in [-0.2, 0) is 21.7 Å². The number of aromatic hydroxyl groups is 2. The van der Waals surface area contributed by atoms with Crippen molar-refractivity contribution in [2.75, 3.05) is 10.9 Å². The van der Waals surface area contributed by atoms with E-state index in [9.17, 15) is 10.2 Å². The van der Waals surface area contributed by atoms with Crippen molar-refractivity contribution < 1.29 is 28.5 Å². The molecule has 6 aromatic carbocycles. The van der Waals surface area contributed by atoms with Crippen molar-refractivity contribution in [2.24, 2.45) is 0 Å². The van der Waals surface area contributed by atoms with Crippen molar-refractivity contribution in [2.45, 2.75) is 142 Å². The molecule has 0 atom stereocenters. The van der Waals surface area contributed by atoms with E-state index in [4.69, 9.17) is 9.47 Å². The van der Waals surface area contributed by atoms with Crippen molar-refractivity contribution in [3.05, 3.63) is 154 Å². The van der Waals surface area contributed by atoms with Crippen LogP contribution in [0, 0.1) is 11.6 Å². The standard InChI is InChI=1S/C68H76F2GeN2O4S2/c1-39(2)71(40(3)4,37-76-59-27-21-45(69)33-51(59)63-61(74)57(35-78-63)72-53-23-17-41(65(5,6)7)29-47(53)48-30-42(66(8,9)10)18-24-54(48)72)38-77-60-28-22-46(70)34-52(60)64-62(75)58(36-79-64)73-55-25-19-43(67(11,12)13)31-49(55)50-32-44(68(14,15)16)20-26-56(50)73/h17-36,39-40,74-75H,37-38H2,1-16H3. The van der Waals surface area contributed by atoms with E-state index in [2.05, 4.69) is 193 Å². The summed E-state index contributed by atoms with van der Waals surface area (Å²) < 4.78 is 49.7. The molecular weight excluding hydrogens is 1080 g/mol. The molecule has 0 aliphatic heterocycles. The minimum absolute atomic E-state index is 0.0502. The van der Waals surface area contributed by atoms with Gasteiger partial charge in [0.15, 0.2) is 0 Å². The number of hydrogen-bond donors (Lipinski definition) is 2. The molecule has 0 saturated carbocycles. The molecule has 0 fully saturated rings. The van der Waals surface area contributed by atoms with Crippen molar-refractivity contribution in [1.82, 2.24) is 9.13 Å². The Morgan fingerprint density at radius 1 is 0.443 bits per heavy atom. The van der Waals surface area contributed by atoms with E-state index in [0.29, 0.717) is 54.6 Å². The molecule has 412 valence electrons. The number of fused-ring (bicyclic) bond motifs is 6. The first-order valence-corrected chi connectivity index (χ1v) is 34.8. The monoisotopic (exact) mass is 1160 g/mol. The predicted molar refractivity (Wildman–Crippen MR) is 333 cm³/mol. The van der Waals surface area contributed by atoms with Gasteiger partial charge in [0.2, 0.25) is 0 Å². The molecule has 2 N–H and O–H groups in total. The summed E-state index contributed by atoms with van der Waals surface area (Å²) >= 11 is -0.632. The van der Waals surface area contributed by atoms with E-state index in [1.165, 1.54) is 69.2 Å². The van der Waals surface area contributed by atoms with E-state index < -0.39 is 24.9 Å². The van der Waals surface area contributed by atoms with Crippen molar-refractivity contribution in [3.63, 3.8) is 0 Å². The number of hydrogen-bond acceptors (Lipinski definition) is 6. The molecule has 10 aromatic rings. The van der Waals surface area contributed by atoms with Crippen LogP contribution in [-0.4, -0.2) is 43.5 Å². The first-order valence-electron chi connectivity index (χ1n) is 27.6. The number of rotatable bonds is 12. The average molecular weight is 1160 g/mol. The van der Waals surface area contributed by atoms with Crippen molar-refractivity contribution in [3.8, 4) is 55.3 Å². The maximum atomic E-state index is 15.5. The van der Waals surface area contributed by atoms with Crippen LogP contribution in [0.5, 0.6) is 23.0 Å². The Kier molecular flexibility index (Phi) is 14.4. The zero-order chi connectivity index (χ0) is 57.1. The zero-order valence-corrected chi connectivity index (χ0v) is 52.5. The van der Waals surface area contributed by atoms with E-state index in [1.807, 2.05) is 10.8 Å². The van der Waals surface area contributed by atoms with Crippen LogP contribution in [0.2, 0.25) is 9.50 Å². The summed E-state index contributed by atoms with van der Waals surface area (Å²) in [5.41, 5.74) is 11.4. The third kappa shape index (κ3) is 10.2. The zero-order valence-electron chi connectivity index (χ0n) is 48.8. The Morgan fingerprint density at radius 3 is 1.00 bits per heavy atom. The quantitative estimate of drug-likeness (QED) is 0.120. The average Bonchev–Trinajstić information content (AvgIpc) is 4.34. The normalized spacial score (nSPS) is 13.1. The molecule has 0 aliphatic rings. The number of benzene rings is 6. The van der Waals surface area contributed by atoms with Gasteiger partial charge in [-0.1, -0.05) is 83.1 Å². The topological polar surface area (TPSA) is 68.8 Å². The number of aromatic nitrogens is 2. The Labute approximate surface area is 476 Å². The second-order valence-corrected chi connectivity index (χ2v) is 39.6. The fourth-order valence-corrected chi connectivity index (χ4v) is 20.7. The fourth-order valence-electron chi connectivity index (χ4n) is 11.2. The summed E-state index contributed by atoms with van der Waals surface area (Å²) in [6, 6.07) is 35.5. The number of thiophene rings is 2. The van der Waals surface area contributed by atoms with Gasteiger partial charge < -0.3 is 0 Å². The molecular formula is C68H76F2GeN2O4S2. The van der Waals surface area contributed by atoms with Gasteiger partial charge in [0, 0.05) is 0 Å². The summed E-state index contributed by atoms with van der Waals surface area (Å²) in [5.74, 6) is 0.173. The summed E-state index contributed by atoms with van der Waals surface area (Å²) in [4.78, 5) is 1.02. The first kappa shape index (κ1) is 56.2. The minimum atomic E-state index is -3.36. The van der Waals surface area contributed by atoms with Crippen LogP contribution in [0.4, 0.5) is 8.78 Å². The second kappa shape index (κ2) is 20.2. The van der Waals surface area contributed by atoms with Gasteiger partial charge in [-0.2, -0.15) is 0 Å². The molecule has 0 saturated heterocycles. The second-order valence-electron chi connectivity index (χ2n) is 26.6. The van der Waals surface area contributed by atoms with Gasteiger partial charge in [0.25, 0.3) is 0 Å². The molecule has 79 heavy (non-hydrogen) atoms. The molecule has 0 bridgehead atoms. The number of nitrogens with zero attached hydrogens (tertiary/aromatic N) is 2. The Bertz CT molecular complexity index is 3580. The van der Waals surface area contributed by atoms with E-state index in [-0.39, 0.29) is 42.7 Å². The molecule has 11 heteroatoms. The van der Waals surface area contributed by atoms with Gasteiger partial charge in [-0.3, -0.25) is 0 Å². The summed E-state index contributed by atoms with van der Waals surface area (Å²) in [7, 11) is 0. The van der Waals surface area contributed by atoms with Crippen LogP contribution in [0.1, 0.15) is 133 Å². The number of halogens is 2. The van der Waals surface area contributed by atoms with E-state index in [0.717, 1.165) is 43.6 Å². The van der Waals surface area contributed by atoms with Gasteiger partial charge in [-0.05, 0) is 21.7 Å². The van der Waals surface area contributed by atoms with Crippen LogP contribution in [0.25, 0.3) is 75.9 Å². The van der Waals surface area contributed by atoms with Crippen LogP contribution in [0.15, 0.2) is 120 Å². The van der Waals surface area contributed by atoms with Gasteiger partial charge in [-0.15, -0.1) is 0 Å². The third-order valence-electron chi connectivity index (χ3n) is 16.6. The molecule has 10 rings (SSSR count). The molecule has 0 spiro atoms. The molecule has 4 heterocycles. The van der Waals surface area contributed by atoms with Gasteiger partial charge >= 0.3 is 374 Å². The molecule has 0 unspecified atom stereocenters. The Morgan fingerprint density at radius 2 is 0.734 bits per heavy atom. The van der Waals surface area contributed by atoms with E-state index in [1.54, 1.807) is 12.1 Å². The summed E-state index contributed by atoms with van der Waals surface area (Å²) in [6.45, 7) is 35.5. The van der Waals surface area contributed by atoms with Gasteiger partial charge in [0.05, 0.1) is 0 Å². The maximum absolute atomic E-state index is 15.5. The molecule has 0 aliphatic carbocycles. The number of ether oxygens (including phenoxy) is 2. The molecule has 0 amide bonds. The Hall–Kier alpha value is -6.08. The van der Waals surface area contributed by atoms with Crippen LogP contribution < -0.4 is 9.47 Å². The van der Waals surface area contributed by atoms with Gasteiger partial charge in [0.1, 0.15) is 0 Å². The van der Waals surface area contributed by atoms with Crippen LogP contribution in [0.3, 0.4) is 0 Å². The molecule has 4 aromatic heterocycles. The SMILES string of the molecule is C[CH](C)[Ge]([CH2]Oc1ccc(F)cc1-c1scc(-n2c3ccc(C(C)(C)C)cc3c3cc(C(C)(C)C)ccc32)c1O)([CH2]Oc1ccc(F)cc1-c1scc(-n2c3ccc(C(C)(C)C)cc3c3cc(C(C)(C)C)ccc32)c1O)[CH](C)C. The summed E-state index contributed by atoms with van der Waals surface area (Å²) in [6.07, 6.45) is 0. The summed E-state index contributed by atoms with van der Waals surface area (Å²) in [5, 5.41) is 33.2. The first-order chi connectivity index (χ1) is 37.0. The van der Waals surface area contributed by atoms with Crippen molar-refractivity contribution >= 4 is 79.6 Å². The third-order valence-corrected chi connectivity index (χ3v) is 31.1. The predicted octanol–water partition coefficient (Wildman–Crippen LogP) is 20.0. The molecule has 0 radical (unpaired) electrons. The Balaban J connectivity index is 0.986. The van der Waals surface area contributed by atoms with Crippen molar-refractivity contribution in [1.29, 1.82) is 0 Å². The molecule has 6 nitrogen and oxygen atoms in total.